The first-order valence-electron chi connectivity index (χ1n) is 8.87. The fourth-order valence-corrected chi connectivity index (χ4v) is 2.40. The van der Waals surface area contributed by atoms with Crippen molar-refractivity contribution in [2.24, 2.45) is 20.5 Å². The Morgan fingerprint density at radius 3 is 1.57 bits per heavy atom. The normalized spacial score (nSPS) is 12.1. The van der Waals surface area contributed by atoms with E-state index < -0.39 is 0 Å². The van der Waals surface area contributed by atoms with E-state index in [0.29, 0.717) is 22.7 Å². The van der Waals surface area contributed by atoms with Gasteiger partial charge in [-0.1, -0.05) is 26.8 Å². The van der Waals surface area contributed by atoms with Crippen molar-refractivity contribution >= 4 is 22.7 Å². The van der Waals surface area contributed by atoms with E-state index in [1.807, 2.05) is 12.1 Å². The number of hydrogen-bond acceptors (Lipinski definition) is 6. The molecule has 0 amide bonds. The van der Waals surface area contributed by atoms with Crippen molar-refractivity contribution in [2.45, 2.75) is 26.2 Å². The molecule has 0 unspecified atom stereocenters. The third-order valence-electron chi connectivity index (χ3n) is 4.10. The highest BCUT2D eigenvalue weighted by Crippen LogP contribution is 2.33. The van der Waals surface area contributed by atoms with Gasteiger partial charge in [-0.3, -0.25) is 0 Å². The van der Waals surface area contributed by atoms with Crippen molar-refractivity contribution in [3.05, 3.63) is 72.3 Å². The Hall–Kier alpha value is -3.54. The minimum absolute atomic E-state index is 0.0396. The predicted octanol–water partition coefficient (Wildman–Crippen LogP) is 7.23. The van der Waals surface area contributed by atoms with Crippen molar-refractivity contribution in [1.82, 2.24) is 0 Å². The first-order valence-corrected chi connectivity index (χ1v) is 8.87. The highest BCUT2D eigenvalue weighted by Gasteiger charge is 2.15. The molecule has 3 aromatic rings. The molecule has 0 radical (unpaired) electrons. The molecule has 142 valence electrons. The van der Waals surface area contributed by atoms with E-state index in [9.17, 15) is 10.2 Å². The van der Waals surface area contributed by atoms with Gasteiger partial charge in [-0.25, -0.2) is 0 Å². The van der Waals surface area contributed by atoms with Gasteiger partial charge in [0.15, 0.2) is 0 Å². The molecular weight excluding hydrogens is 352 g/mol. The van der Waals surface area contributed by atoms with Crippen LogP contribution in [0.1, 0.15) is 26.3 Å². The molecule has 0 spiro atoms. The van der Waals surface area contributed by atoms with E-state index in [4.69, 9.17) is 0 Å². The van der Waals surface area contributed by atoms with Gasteiger partial charge in [0, 0.05) is 0 Å². The summed E-state index contributed by atoms with van der Waals surface area (Å²) in [6.45, 7) is 6.31. The number of benzene rings is 3. The highest BCUT2D eigenvalue weighted by molar-refractivity contribution is 5.54. The molecule has 28 heavy (non-hydrogen) atoms. The summed E-state index contributed by atoms with van der Waals surface area (Å²) in [6, 6.07) is 19.0. The smallest absolute Gasteiger partial charge is 0.143 e. The van der Waals surface area contributed by atoms with Crippen LogP contribution >= 0.6 is 0 Å². The van der Waals surface area contributed by atoms with Crippen LogP contribution in [0, 0.1) is 0 Å². The van der Waals surface area contributed by atoms with Gasteiger partial charge in [0.25, 0.3) is 0 Å². The number of aromatic hydroxyl groups is 2. The van der Waals surface area contributed by atoms with Gasteiger partial charge >= 0.3 is 0 Å². The predicted molar refractivity (Wildman–Crippen MR) is 110 cm³/mol. The molecule has 6 nitrogen and oxygen atoms in total. The molecular formula is C22H22N4O2. The lowest BCUT2D eigenvalue weighted by Gasteiger charge is -2.19. The van der Waals surface area contributed by atoms with Crippen molar-refractivity contribution < 1.29 is 10.2 Å². The summed E-state index contributed by atoms with van der Waals surface area (Å²) < 4.78 is 0. The molecule has 0 aliphatic carbocycles. The van der Waals surface area contributed by atoms with E-state index >= 15 is 0 Å². The third-order valence-corrected chi connectivity index (χ3v) is 4.10. The Balaban J connectivity index is 1.73. The van der Waals surface area contributed by atoms with Crippen LogP contribution in [0.2, 0.25) is 0 Å². The van der Waals surface area contributed by atoms with Crippen molar-refractivity contribution in [3.8, 4) is 11.5 Å². The highest BCUT2D eigenvalue weighted by atomic mass is 16.3. The zero-order chi connectivity index (χ0) is 20.1. The second-order valence-electron chi connectivity index (χ2n) is 7.39. The zero-order valence-corrected chi connectivity index (χ0v) is 16.0. The number of nitrogens with zero attached hydrogens (tertiary/aromatic N) is 4. The number of hydrogen-bond donors (Lipinski definition) is 2. The van der Waals surface area contributed by atoms with Crippen LogP contribution in [0.4, 0.5) is 22.7 Å². The van der Waals surface area contributed by atoms with Crippen molar-refractivity contribution in [1.29, 1.82) is 0 Å². The lowest BCUT2D eigenvalue weighted by atomic mass is 9.87. The SMILES string of the molecule is CC(C)(C)c1ccc(O)c(N=Nc2ccc(N=Nc3ccc(O)cc3)cc2)c1. The lowest BCUT2D eigenvalue weighted by Crippen LogP contribution is -2.10. The number of azo groups is 2. The maximum absolute atomic E-state index is 10.0. The van der Waals surface area contributed by atoms with Crippen LogP contribution in [0.15, 0.2) is 87.2 Å². The molecule has 0 saturated heterocycles. The fraction of sp³-hybridized carbons (Fsp3) is 0.182. The topological polar surface area (TPSA) is 89.9 Å². The molecule has 0 atom stereocenters. The molecule has 3 rings (SSSR count). The average Bonchev–Trinajstić information content (AvgIpc) is 2.67. The Labute approximate surface area is 163 Å². The van der Waals surface area contributed by atoms with Gasteiger partial charge in [0.1, 0.15) is 17.2 Å². The lowest BCUT2D eigenvalue weighted by molar-refractivity contribution is 0.474. The summed E-state index contributed by atoms with van der Waals surface area (Å²) in [5.41, 5.74) is 3.43. The molecule has 3 aromatic carbocycles. The Bertz CT molecular complexity index is 1000. The van der Waals surface area contributed by atoms with E-state index in [1.54, 1.807) is 54.6 Å². The molecule has 0 heterocycles. The molecule has 2 N–H and O–H groups in total. The van der Waals surface area contributed by atoms with Crippen LogP contribution in [0.3, 0.4) is 0 Å². The van der Waals surface area contributed by atoms with Crippen LogP contribution in [-0.2, 0) is 5.41 Å². The van der Waals surface area contributed by atoms with Crippen molar-refractivity contribution in [3.63, 3.8) is 0 Å². The molecule has 0 aliphatic rings. The minimum atomic E-state index is -0.0396. The number of phenolic OH excluding ortho intramolecular Hbond substituents is 2. The van der Waals surface area contributed by atoms with E-state index in [-0.39, 0.29) is 16.9 Å². The maximum Gasteiger partial charge on any atom is 0.143 e. The maximum atomic E-state index is 10.0. The minimum Gasteiger partial charge on any atom is -0.508 e. The van der Waals surface area contributed by atoms with Gasteiger partial charge in [0.05, 0.1) is 17.1 Å². The van der Waals surface area contributed by atoms with Gasteiger partial charge in [-0.2, -0.15) is 15.3 Å². The molecule has 0 saturated carbocycles. The standard InChI is InChI=1S/C22H22N4O2/c1-22(2,3)15-4-13-21(28)20(14-15)26-25-17-7-5-16(6-8-17)23-24-18-9-11-19(27)12-10-18/h4-14,27-28H,1-3H3. The second-order valence-corrected chi connectivity index (χ2v) is 7.39. The van der Waals surface area contributed by atoms with Crippen molar-refractivity contribution in [2.75, 3.05) is 0 Å². The van der Waals surface area contributed by atoms with E-state index in [0.717, 1.165) is 5.56 Å². The van der Waals surface area contributed by atoms with Crippen LogP contribution in [0.25, 0.3) is 0 Å². The van der Waals surface area contributed by atoms with Gasteiger partial charge < -0.3 is 10.2 Å². The molecule has 0 aromatic heterocycles. The molecule has 0 aliphatic heterocycles. The summed E-state index contributed by atoms with van der Waals surface area (Å²) in [4.78, 5) is 0. The fourth-order valence-electron chi connectivity index (χ4n) is 2.40. The third kappa shape index (κ3) is 5.01. The monoisotopic (exact) mass is 374 g/mol. The Kier molecular flexibility index (Phi) is 5.49. The Morgan fingerprint density at radius 1 is 0.607 bits per heavy atom. The number of phenols is 2. The van der Waals surface area contributed by atoms with E-state index in [1.165, 1.54) is 0 Å². The van der Waals surface area contributed by atoms with Crippen LogP contribution in [-0.4, -0.2) is 10.2 Å². The Morgan fingerprint density at radius 2 is 1.07 bits per heavy atom. The molecule has 6 heteroatoms. The van der Waals surface area contributed by atoms with Gasteiger partial charge in [0.2, 0.25) is 0 Å². The first-order chi connectivity index (χ1) is 13.3. The first kappa shape index (κ1) is 19.2. The molecule has 0 bridgehead atoms. The summed E-state index contributed by atoms with van der Waals surface area (Å²) in [6.07, 6.45) is 0. The van der Waals surface area contributed by atoms with Gasteiger partial charge in [-0.05, 0) is 71.6 Å². The largest absolute Gasteiger partial charge is 0.508 e. The zero-order valence-electron chi connectivity index (χ0n) is 16.0. The summed E-state index contributed by atoms with van der Waals surface area (Å²) in [5, 5.41) is 35.9. The number of rotatable bonds is 4. The van der Waals surface area contributed by atoms with E-state index in [2.05, 4.69) is 41.2 Å². The van der Waals surface area contributed by atoms with Gasteiger partial charge in [-0.15, -0.1) is 5.11 Å². The quantitative estimate of drug-likeness (QED) is 0.472. The average molecular weight is 374 g/mol. The molecule has 0 fully saturated rings. The summed E-state index contributed by atoms with van der Waals surface area (Å²) in [7, 11) is 0. The second kappa shape index (κ2) is 8.00. The van der Waals surface area contributed by atoms with Crippen LogP contribution in [0.5, 0.6) is 11.5 Å². The van der Waals surface area contributed by atoms with Crippen LogP contribution < -0.4 is 0 Å². The summed E-state index contributed by atoms with van der Waals surface area (Å²) in [5.74, 6) is 0.281. The summed E-state index contributed by atoms with van der Waals surface area (Å²) >= 11 is 0.